The summed E-state index contributed by atoms with van der Waals surface area (Å²) >= 11 is 6.39. The van der Waals surface area contributed by atoms with Crippen LogP contribution < -0.4 is 0 Å². The van der Waals surface area contributed by atoms with Gasteiger partial charge in [-0.1, -0.05) is 26.2 Å². The summed E-state index contributed by atoms with van der Waals surface area (Å²) < 4.78 is 4.27. The summed E-state index contributed by atoms with van der Waals surface area (Å²) in [6, 6.07) is 0. The summed E-state index contributed by atoms with van der Waals surface area (Å²) in [4.78, 5) is 4.78. The molecule has 0 radical (unpaired) electrons. The maximum absolute atomic E-state index is 6.39. The standard InChI is InChI=1S/C16H25ClN4/c1-11(17)14-18-13-12(2)19-20(4)15(13)21(14)10-16(3)8-6-5-7-9-16/h11H,5-10H2,1-4H3. The van der Waals surface area contributed by atoms with Crippen molar-refractivity contribution in [2.24, 2.45) is 12.5 Å². The molecule has 0 saturated heterocycles. The zero-order valence-corrected chi connectivity index (χ0v) is 14.2. The minimum Gasteiger partial charge on any atom is -0.311 e. The molecule has 0 amide bonds. The molecule has 1 fully saturated rings. The van der Waals surface area contributed by atoms with Crippen molar-refractivity contribution in [3.63, 3.8) is 0 Å². The quantitative estimate of drug-likeness (QED) is 0.790. The molecule has 0 bridgehead atoms. The molecule has 0 N–H and O–H groups in total. The van der Waals surface area contributed by atoms with Gasteiger partial charge in [0.2, 0.25) is 0 Å². The van der Waals surface area contributed by atoms with Crippen LogP contribution in [0.2, 0.25) is 0 Å². The number of hydrogen-bond donors (Lipinski definition) is 0. The maximum atomic E-state index is 6.39. The van der Waals surface area contributed by atoms with Gasteiger partial charge in [0.1, 0.15) is 11.3 Å². The van der Waals surface area contributed by atoms with Crippen LogP contribution in [0.1, 0.15) is 62.8 Å². The van der Waals surface area contributed by atoms with Gasteiger partial charge in [-0.25, -0.2) is 4.98 Å². The van der Waals surface area contributed by atoms with Crippen LogP contribution in [0, 0.1) is 12.3 Å². The molecule has 116 valence electrons. The second-order valence-electron chi connectivity index (χ2n) is 6.92. The third kappa shape index (κ3) is 2.59. The number of nitrogens with zero attached hydrogens (tertiary/aromatic N) is 4. The lowest BCUT2D eigenvalue weighted by Crippen LogP contribution is -2.27. The Kier molecular flexibility index (Phi) is 3.76. The second-order valence-corrected chi connectivity index (χ2v) is 7.58. The van der Waals surface area contributed by atoms with E-state index >= 15 is 0 Å². The molecule has 2 aromatic rings. The van der Waals surface area contributed by atoms with Crippen LogP contribution in [0.5, 0.6) is 0 Å². The van der Waals surface area contributed by atoms with Gasteiger partial charge in [0, 0.05) is 13.6 Å². The number of hydrogen-bond acceptors (Lipinski definition) is 2. The van der Waals surface area contributed by atoms with Crippen molar-refractivity contribution in [3.05, 3.63) is 11.5 Å². The highest BCUT2D eigenvalue weighted by Crippen LogP contribution is 2.39. The minimum absolute atomic E-state index is 0.0796. The Bertz CT molecular complexity index is 647. The number of alkyl halides is 1. The largest absolute Gasteiger partial charge is 0.311 e. The summed E-state index contributed by atoms with van der Waals surface area (Å²) in [5.74, 6) is 0.981. The molecular formula is C16H25ClN4. The average molecular weight is 309 g/mol. The Labute approximate surface area is 131 Å². The van der Waals surface area contributed by atoms with E-state index in [1.807, 2.05) is 25.6 Å². The Balaban J connectivity index is 2.08. The van der Waals surface area contributed by atoms with E-state index < -0.39 is 0 Å². The summed E-state index contributed by atoms with van der Waals surface area (Å²) in [6.45, 7) is 7.43. The van der Waals surface area contributed by atoms with Crippen LogP contribution in [0.15, 0.2) is 0 Å². The van der Waals surface area contributed by atoms with Gasteiger partial charge in [0.25, 0.3) is 0 Å². The summed E-state index contributed by atoms with van der Waals surface area (Å²) in [5, 5.41) is 4.44. The average Bonchev–Trinajstić information content (AvgIpc) is 2.90. The van der Waals surface area contributed by atoms with Crippen molar-refractivity contribution < 1.29 is 0 Å². The zero-order valence-electron chi connectivity index (χ0n) is 13.5. The van der Waals surface area contributed by atoms with Gasteiger partial charge in [-0.2, -0.15) is 5.10 Å². The van der Waals surface area contributed by atoms with Gasteiger partial charge < -0.3 is 4.57 Å². The summed E-state index contributed by atoms with van der Waals surface area (Å²) in [7, 11) is 2.00. The number of aromatic nitrogens is 4. The number of fused-ring (bicyclic) bond motifs is 1. The summed E-state index contributed by atoms with van der Waals surface area (Å²) in [6.07, 6.45) is 6.63. The first-order chi connectivity index (χ1) is 9.91. The van der Waals surface area contributed by atoms with Gasteiger partial charge >= 0.3 is 0 Å². The smallest absolute Gasteiger partial charge is 0.158 e. The molecule has 3 rings (SSSR count). The van der Waals surface area contributed by atoms with Crippen LogP contribution in [-0.4, -0.2) is 19.3 Å². The molecule has 0 aliphatic heterocycles. The van der Waals surface area contributed by atoms with Crippen molar-refractivity contribution in [2.75, 3.05) is 0 Å². The molecule has 4 nitrogen and oxygen atoms in total. The van der Waals surface area contributed by atoms with Crippen molar-refractivity contribution in [3.8, 4) is 0 Å². The first-order valence-corrected chi connectivity index (χ1v) is 8.39. The lowest BCUT2D eigenvalue weighted by Gasteiger charge is -2.34. The predicted molar refractivity (Wildman–Crippen MR) is 86.7 cm³/mol. The van der Waals surface area contributed by atoms with Gasteiger partial charge in [0.05, 0.1) is 11.1 Å². The second kappa shape index (κ2) is 5.31. The highest BCUT2D eigenvalue weighted by molar-refractivity contribution is 6.20. The van der Waals surface area contributed by atoms with Crippen molar-refractivity contribution in [1.29, 1.82) is 0 Å². The van der Waals surface area contributed by atoms with Crippen molar-refractivity contribution in [1.82, 2.24) is 19.3 Å². The van der Waals surface area contributed by atoms with E-state index in [-0.39, 0.29) is 5.38 Å². The Morgan fingerprint density at radius 1 is 1.29 bits per heavy atom. The number of rotatable bonds is 3. The predicted octanol–water partition coefficient (Wildman–Crippen LogP) is 4.35. The third-order valence-corrected chi connectivity index (χ3v) is 5.07. The normalized spacial score (nSPS) is 20.0. The van der Waals surface area contributed by atoms with Crippen molar-refractivity contribution in [2.45, 2.75) is 64.8 Å². The van der Waals surface area contributed by atoms with Gasteiger partial charge in [-0.15, -0.1) is 11.6 Å². The molecule has 1 aliphatic carbocycles. The SMILES string of the molecule is Cc1nn(C)c2c1nc(C(C)Cl)n2CC1(C)CCCCC1. The Hall–Kier alpha value is -1.03. The number of imidazole rings is 1. The molecule has 21 heavy (non-hydrogen) atoms. The highest BCUT2D eigenvalue weighted by atomic mass is 35.5. The lowest BCUT2D eigenvalue weighted by atomic mass is 9.75. The van der Waals surface area contributed by atoms with Gasteiger partial charge in [0.15, 0.2) is 5.65 Å². The van der Waals surface area contributed by atoms with Crippen LogP contribution >= 0.6 is 11.6 Å². The first-order valence-electron chi connectivity index (χ1n) is 7.95. The molecule has 1 saturated carbocycles. The first kappa shape index (κ1) is 14.9. The fourth-order valence-electron chi connectivity index (χ4n) is 3.76. The Morgan fingerprint density at radius 2 is 1.95 bits per heavy atom. The fourth-order valence-corrected chi connectivity index (χ4v) is 3.92. The zero-order chi connectivity index (χ0) is 15.2. The van der Waals surface area contributed by atoms with Crippen LogP contribution in [-0.2, 0) is 13.6 Å². The maximum Gasteiger partial charge on any atom is 0.158 e. The van der Waals surface area contributed by atoms with E-state index in [1.165, 1.54) is 32.1 Å². The van der Waals surface area contributed by atoms with Crippen LogP contribution in [0.3, 0.4) is 0 Å². The molecule has 2 heterocycles. The van der Waals surface area contributed by atoms with Gasteiger partial charge in [-0.3, -0.25) is 4.68 Å². The molecule has 0 spiro atoms. The van der Waals surface area contributed by atoms with Crippen LogP contribution in [0.4, 0.5) is 0 Å². The van der Waals surface area contributed by atoms with E-state index in [4.69, 9.17) is 16.6 Å². The number of aryl methyl sites for hydroxylation is 2. The molecule has 1 unspecified atom stereocenters. The van der Waals surface area contributed by atoms with Gasteiger partial charge in [-0.05, 0) is 32.1 Å². The van der Waals surface area contributed by atoms with Crippen LogP contribution in [0.25, 0.3) is 11.2 Å². The van der Waals surface area contributed by atoms with Crippen molar-refractivity contribution >= 4 is 22.8 Å². The third-order valence-electron chi connectivity index (χ3n) is 4.88. The molecule has 5 heteroatoms. The molecule has 1 atom stereocenters. The lowest BCUT2D eigenvalue weighted by molar-refractivity contribution is 0.182. The Morgan fingerprint density at radius 3 is 2.57 bits per heavy atom. The number of halogens is 1. The fraction of sp³-hybridized carbons (Fsp3) is 0.750. The summed E-state index contributed by atoms with van der Waals surface area (Å²) in [5.41, 5.74) is 3.45. The minimum atomic E-state index is -0.0796. The molecular weight excluding hydrogens is 284 g/mol. The molecule has 0 aromatic carbocycles. The topological polar surface area (TPSA) is 35.6 Å². The van der Waals surface area contributed by atoms with E-state index in [1.54, 1.807) is 0 Å². The molecule has 1 aliphatic rings. The van der Waals surface area contributed by atoms with E-state index in [9.17, 15) is 0 Å². The highest BCUT2D eigenvalue weighted by Gasteiger charge is 2.30. The molecule has 2 aromatic heterocycles. The monoisotopic (exact) mass is 308 g/mol. The van der Waals surface area contributed by atoms with E-state index in [2.05, 4.69) is 16.6 Å². The van der Waals surface area contributed by atoms with E-state index in [0.29, 0.717) is 5.41 Å². The van der Waals surface area contributed by atoms with E-state index in [0.717, 1.165) is 29.2 Å².